The van der Waals surface area contributed by atoms with Gasteiger partial charge in [-0.2, -0.15) is 0 Å². The molecule has 0 heterocycles. The van der Waals surface area contributed by atoms with Crippen LogP contribution in [0.15, 0.2) is 24.3 Å². The zero-order valence-corrected chi connectivity index (χ0v) is 12.7. The molecule has 0 amide bonds. The molecule has 0 saturated carbocycles. The molecule has 0 radical (unpaired) electrons. The second-order valence-corrected chi connectivity index (χ2v) is 5.04. The summed E-state index contributed by atoms with van der Waals surface area (Å²) in [7, 11) is 0. The Labute approximate surface area is 121 Å². The third-order valence-electron chi connectivity index (χ3n) is 2.55. The topological polar surface area (TPSA) is 44.8 Å². The van der Waals surface area contributed by atoms with E-state index in [1.165, 1.54) is 0 Å². The van der Waals surface area contributed by atoms with Crippen LogP contribution < -0.4 is 4.74 Å². The molecule has 0 aliphatic carbocycles. The first-order valence-corrected chi connectivity index (χ1v) is 7.04. The van der Waals surface area contributed by atoms with Gasteiger partial charge >= 0.3 is 5.97 Å². The van der Waals surface area contributed by atoms with Gasteiger partial charge in [-0.05, 0) is 37.5 Å². The van der Waals surface area contributed by atoms with Crippen LogP contribution in [-0.4, -0.2) is 25.5 Å². The number of hydrogen-bond donors (Lipinski definition) is 0. The fraction of sp³-hybridized carbons (Fsp3) is 0.562. The summed E-state index contributed by atoms with van der Waals surface area (Å²) in [4.78, 5) is 11.6. The molecule has 0 aliphatic heterocycles. The van der Waals surface area contributed by atoms with E-state index in [4.69, 9.17) is 14.2 Å². The van der Waals surface area contributed by atoms with Gasteiger partial charge in [-0.3, -0.25) is 4.79 Å². The summed E-state index contributed by atoms with van der Waals surface area (Å²) >= 11 is 0. The summed E-state index contributed by atoms with van der Waals surface area (Å²) in [6, 6.07) is 7.40. The van der Waals surface area contributed by atoms with Crippen LogP contribution in [0.4, 0.5) is 0 Å². The lowest BCUT2D eigenvalue weighted by molar-refractivity contribution is -0.143. The van der Waals surface area contributed by atoms with E-state index in [2.05, 4.69) is 0 Å². The van der Waals surface area contributed by atoms with E-state index in [1.807, 2.05) is 52.0 Å². The molecule has 20 heavy (non-hydrogen) atoms. The molecule has 0 bridgehead atoms. The molecule has 1 aromatic carbocycles. The normalized spacial score (nSPS) is 12.2. The van der Waals surface area contributed by atoms with Crippen LogP contribution in [-0.2, 0) is 20.7 Å². The maximum Gasteiger partial charge on any atom is 0.310 e. The van der Waals surface area contributed by atoms with Crippen molar-refractivity contribution in [2.75, 3.05) is 13.2 Å². The molecule has 112 valence electrons. The maximum atomic E-state index is 11.6. The van der Waals surface area contributed by atoms with Crippen molar-refractivity contribution in [3.8, 4) is 5.75 Å². The van der Waals surface area contributed by atoms with E-state index < -0.39 is 0 Å². The summed E-state index contributed by atoms with van der Waals surface area (Å²) in [6.45, 7) is 8.87. The molecule has 1 aromatic rings. The second kappa shape index (κ2) is 8.59. The Morgan fingerprint density at radius 1 is 1.15 bits per heavy atom. The Kier molecular flexibility index (Phi) is 7.09. The third-order valence-corrected chi connectivity index (χ3v) is 2.55. The van der Waals surface area contributed by atoms with Crippen LogP contribution in [0, 0.1) is 5.92 Å². The summed E-state index contributed by atoms with van der Waals surface area (Å²) in [6.07, 6.45) is 0.00967. The highest BCUT2D eigenvalue weighted by atomic mass is 16.7. The molecule has 1 rings (SSSR count). The van der Waals surface area contributed by atoms with Gasteiger partial charge in [-0.1, -0.05) is 26.0 Å². The van der Waals surface area contributed by atoms with E-state index in [9.17, 15) is 4.79 Å². The van der Waals surface area contributed by atoms with E-state index in [0.717, 1.165) is 11.3 Å². The average molecular weight is 280 g/mol. The molecule has 0 fully saturated rings. The fourth-order valence-electron chi connectivity index (χ4n) is 1.62. The van der Waals surface area contributed by atoms with E-state index in [-0.39, 0.29) is 18.7 Å². The molecule has 0 N–H and O–H groups in total. The lowest BCUT2D eigenvalue weighted by atomic mass is 10.1. The summed E-state index contributed by atoms with van der Waals surface area (Å²) in [5.74, 6) is 0.884. The monoisotopic (exact) mass is 280 g/mol. The van der Waals surface area contributed by atoms with Gasteiger partial charge in [-0.25, -0.2) is 0 Å². The Balaban J connectivity index is 2.44. The van der Waals surface area contributed by atoms with Crippen molar-refractivity contribution in [3.63, 3.8) is 0 Å². The molecule has 0 aliphatic rings. The van der Waals surface area contributed by atoms with Crippen molar-refractivity contribution >= 4 is 5.97 Å². The van der Waals surface area contributed by atoms with Gasteiger partial charge in [0, 0.05) is 6.61 Å². The first-order valence-electron chi connectivity index (χ1n) is 7.04. The van der Waals surface area contributed by atoms with Crippen LogP contribution in [0.5, 0.6) is 5.75 Å². The van der Waals surface area contributed by atoms with Crippen LogP contribution in [0.25, 0.3) is 0 Å². The van der Waals surface area contributed by atoms with Crippen LogP contribution >= 0.6 is 0 Å². The van der Waals surface area contributed by atoms with Gasteiger partial charge in [0.2, 0.25) is 0 Å². The Morgan fingerprint density at radius 2 is 1.80 bits per heavy atom. The highest BCUT2D eigenvalue weighted by Crippen LogP contribution is 2.15. The summed E-state index contributed by atoms with van der Waals surface area (Å²) in [5.41, 5.74) is 0.912. The first kappa shape index (κ1) is 16.5. The lowest BCUT2D eigenvalue weighted by Crippen LogP contribution is -2.16. The molecule has 0 saturated heterocycles. The van der Waals surface area contributed by atoms with Gasteiger partial charge in [0.1, 0.15) is 5.75 Å². The fourth-order valence-corrected chi connectivity index (χ4v) is 1.62. The van der Waals surface area contributed by atoms with Gasteiger partial charge in [0.15, 0.2) is 6.29 Å². The van der Waals surface area contributed by atoms with Crippen molar-refractivity contribution in [3.05, 3.63) is 29.8 Å². The number of rotatable bonds is 8. The zero-order chi connectivity index (χ0) is 15.0. The van der Waals surface area contributed by atoms with Gasteiger partial charge < -0.3 is 14.2 Å². The standard InChI is InChI=1S/C16H24O4/c1-5-18-13(4)20-15-8-6-14(7-9-15)10-16(17)19-11-12(2)3/h6-9,12-13H,5,10-11H2,1-4H3. The van der Waals surface area contributed by atoms with Crippen molar-refractivity contribution in [2.45, 2.75) is 40.4 Å². The third kappa shape index (κ3) is 6.57. The largest absolute Gasteiger partial charge is 0.465 e. The van der Waals surface area contributed by atoms with Gasteiger partial charge in [0.05, 0.1) is 13.0 Å². The lowest BCUT2D eigenvalue weighted by Gasteiger charge is -2.14. The smallest absolute Gasteiger partial charge is 0.310 e. The summed E-state index contributed by atoms with van der Waals surface area (Å²) in [5, 5.41) is 0. The number of esters is 1. The van der Waals surface area contributed by atoms with Crippen LogP contribution in [0.3, 0.4) is 0 Å². The minimum atomic E-state index is -0.276. The minimum absolute atomic E-state index is 0.199. The second-order valence-electron chi connectivity index (χ2n) is 5.04. The number of ether oxygens (including phenoxy) is 3. The quantitative estimate of drug-likeness (QED) is 0.542. The van der Waals surface area contributed by atoms with E-state index >= 15 is 0 Å². The Bertz CT molecular complexity index is 397. The molecule has 1 unspecified atom stereocenters. The minimum Gasteiger partial charge on any atom is -0.465 e. The van der Waals surface area contributed by atoms with Crippen LogP contribution in [0.1, 0.15) is 33.3 Å². The van der Waals surface area contributed by atoms with E-state index in [1.54, 1.807) is 0 Å². The molecule has 0 spiro atoms. The predicted molar refractivity (Wildman–Crippen MR) is 77.7 cm³/mol. The van der Waals surface area contributed by atoms with Gasteiger partial charge in [0.25, 0.3) is 0 Å². The maximum absolute atomic E-state index is 11.6. The Morgan fingerprint density at radius 3 is 2.35 bits per heavy atom. The van der Waals surface area contributed by atoms with Crippen molar-refractivity contribution < 1.29 is 19.0 Å². The van der Waals surface area contributed by atoms with Crippen molar-refractivity contribution in [2.24, 2.45) is 5.92 Å². The highest BCUT2D eigenvalue weighted by molar-refractivity contribution is 5.72. The average Bonchev–Trinajstić information content (AvgIpc) is 2.39. The molecule has 1 atom stereocenters. The highest BCUT2D eigenvalue weighted by Gasteiger charge is 2.07. The Hall–Kier alpha value is -1.55. The molecule has 4 heteroatoms. The number of hydrogen-bond acceptors (Lipinski definition) is 4. The molecule has 4 nitrogen and oxygen atoms in total. The number of carbonyl (C=O) groups excluding carboxylic acids is 1. The van der Waals surface area contributed by atoms with E-state index in [0.29, 0.717) is 19.1 Å². The van der Waals surface area contributed by atoms with Crippen LogP contribution in [0.2, 0.25) is 0 Å². The predicted octanol–water partition coefficient (Wildman–Crippen LogP) is 3.19. The number of carbonyl (C=O) groups is 1. The molecular weight excluding hydrogens is 256 g/mol. The van der Waals surface area contributed by atoms with Crippen molar-refractivity contribution in [1.29, 1.82) is 0 Å². The molecular formula is C16H24O4. The van der Waals surface area contributed by atoms with Gasteiger partial charge in [-0.15, -0.1) is 0 Å². The zero-order valence-electron chi connectivity index (χ0n) is 12.7. The SMILES string of the molecule is CCOC(C)Oc1ccc(CC(=O)OCC(C)C)cc1. The number of benzene rings is 1. The van der Waals surface area contributed by atoms with Crippen molar-refractivity contribution in [1.82, 2.24) is 0 Å². The molecule has 0 aromatic heterocycles. The summed E-state index contributed by atoms with van der Waals surface area (Å²) < 4.78 is 16.0. The first-order chi connectivity index (χ1) is 9.51.